The normalized spacial score (nSPS) is 10.4. The molecule has 0 fully saturated rings. The fourth-order valence-electron chi connectivity index (χ4n) is 1.84. The number of rotatable bonds is 5. The molecule has 0 radical (unpaired) electrons. The maximum absolute atomic E-state index is 11.8. The average Bonchev–Trinajstić information content (AvgIpc) is 2.81. The van der Waals surface area contributed by atoms with Gasteiger partial charge in [0.05, 0.1) is 6.20 Å². The Labute approximate surface area is 113 Å². The Balaban J connectivity index is 1.73. The maximum Gasteiger partial charge on any atom is 0.251 e. The van der Waals surface area contributed by atoms with E-state index < -0.39 is 0 Å². The zero-order valence-corrected chi connectivity index (χ0v) is 11.4. The number of nitrogens with one attached hydrogen (secondary N) is 1. The van der Waals surface area contributed by atoms with E-state index in [-0.39, 0.29) is 5.91 Å². The van der Waals surface area contributed by atoms with Crippen molar-refractivity contribution in [2.45, 2.75) is 26.8 Å². The van der Waals surface area contributed by atoms with Crippen LogP contribution in [0.15, 0.2) is 36.7 Å². The van der Waals surface area contributed by atoms with Gasteiger partial charge >= 0.3 is 0 Å². The average molecular weight is 257 g/mol. The number of hydrogen-bond acceptors (Lipinski definition) is 2. The van der Waals surface area contributed by atoms with Crippen molar-refractivity contribution in [3.63, 3.8) is 0 Å². The van der Waals surface area contributed by atoms with Crippen molar-refractivity contribution in [2.24, 2.45) is 0 Å². The highest BCUT2D eigenvalue weighted by Crippen LogP contribution is 2.02. The summed E-state index contributed by atoms with van der Waals surface area (Å²) in [6, 6.07) is 7.59. The standard InChI is InChI=1S/C15H19N3O/c1-12-4-6-14(7-5-12)15(19)16-8-3-9-18-11-13(2)10-17-18/h4-7,10-11H,3,8-9H2,1-2H3,(H,16,19). The van der Waals surface area contributed by atoms with Gasteiger partial charge < -0.3 is 5.32 Å². The van der Waals surface area contributed by atoms with Crippen molar-refractivity contribution >= 4 is 5.91 Å². The van der Waals surface area contributed by atoms with Crippen LogP contribution in [0.2, 0.25) is 0 Å². The van der Waals surface area contributed by atoms with Gasteiger partial charge in [-0.2, -0.15) is 5.10 Å². The van der Waals surface area contributed by atoms with E-state index in [4.69, 9.17) is 0 Å². The highest BCUT2D eigenvalue weighted by Gasteiger charge is 2.03. The van der Waals surface area contributed by atoms with Crippen LogP contribution in [0.25, 0.3) is 0 Å². The predicted octanol–water partition coefficient (Wildman–Crippen LogP) is 2.32. The molecule has 4 nitrogen and oxygen atoms in total. The summed E-state index contributed by atoms with van der Waals surface area (Å²) in [7, 11) is 0. The number of benzene rings is 1. The Kier molecular flexibility index (Phi) is 4.34. The van der Waals surface area contributed by atoms with Crippen LogP contribution >= 0.6 is 0 Å². The molecule has 19 heavy (non-hydrogen) atoms. The SMILES string of the molecule is Cc1ccc(C(=O)NCCCn2cc(C)cn2)cc1. The molecule has 0 aliphatic heterocycles. The highest BCUT2D eigenvalue weighted by molar-refractivity contribution is 5.94. The van der Waals surface area contributed by atoms with Crippen LogP contribution in [0.3, 0.4) is 0 Å². The fourth-order valence-corrected chi connectivity index (χ4v) is 1.84. The Morgan fingerprint density at radius 3 is 2.58 bits per heavy atom. The van der Waals surface area contributed by atoms with E-state index in [0.29, 0.717) is 12.1 Å². The molecule has 100 valence electrons. The van der Waals surface area contributed by atoms with E-state index in [1.54, 1.807) is 0 Å². The molecule has 0 aliphatic rings. The zero-order valence-electron chi connectivity index (χ0n) is 11.4. The molecule has 0 bridgehead atoms. The minimum absolute atomic E-state index is 0.0170. The largest absolute Gasteiger partial charge is 0.352 e. The number of aryl methyl sites for hydroxylation is 3. The molecule has 1 heterocycles. The monoisotopic (exact) mass is 257 g/mol. The highest BCUT2D eigenvalue weighted by atomic mass is 16.1. The first-order valence-electron chi connectivity index (χ1n) is 6.49. The number of nitrogens with zero attached hydrogens (tertiary/aromatic N) is 2. The van der Waals surface area contributed by atoms with Crippen LogP contribution in [0.1, 0.15) is 27.9 Å². The van der Waals surface area contributed by atoms with Gasteiger partial charge in [0.25, 0.3) is 5.91 Å². The van der Waals surface area contributed by atoms with Crippen molar-refractivity contribution in [3.8, 4) is 0 Å². The molecule has 1 aromatic carbocycles. The van der Waals surface area contributed by atoms with E-state index in [1.807, 2.05) is 55.2 Å². The molecule has 0 unspecified atom stereocenters. The Morgan fingerprint density at radius 2 is 1.95 bits per heavy atom. The first kappa shape index (κ1) is 13.3. The lowest BCUT2D eigenvalue weighted by molar-refractivity contribution is 0.0952. The van der Waals surface area contributed by atoms with Gasteiger partial charge in [-0.1, -0.05) is 17.7 Å². The third-order valence-electron chi connectivity index (χ3n) is 2.93. The summed E-state index contributed by atoms with van der Waals surface area (Å²) in [6.07, 6.45) is 4.71. The van der Waals surface area contributed by atoms with Crippen molar-refractivity contribution in [1.82, 2.24) is 15.1 Å². The van der Waals surface area contributed by atoms with E-state index in [2.05, 4.69) is 10.4 Å². The summed E-state index contributed by atoms with van der Waals surface area (Å²) in [4.78, 5) is 11.8. The molecular formula is C15H19N3O. The lowest BCUT2D eigenvalue weighted by Gasteiger charge is -2.05. The second kappa shape index (κ2) is 6.18. The van der Waals surface area contributed by atoms with Gasteiger partial charge in [-0.15, -0.1) is 0 Å². The van der Waals surface area contributed by atoms with Crippen LogP contribution in [0.4, 0.5) is 0 Å². The molecule has 2 rings (SSSR count). The Hall–Kier alpha value is -2.10. The fraction of sp³-hybridized carbons (Fsp3) is 0.333. The molecule has 2 aromatic rings. The molecule has 0 aliphatic carbocycles. The van der Waals surface area contributed by atoms with Crippen LogP contribution in [-0.4, -0.2) is 22.2 Å². The number of carbonyl (C=O) groups excluding carboxylic acids is 1. The van der Waals surface area contributed by atoms with Crippen LogP contribution in [-0.2, 0) is 6.54 Å². The number of hydrogen-bond donors (Lipinski definition) is 1. The topological polar surface area (TPSA) is 46.9 Å². The third-order valence-corrected chi connectivity index (χ3v) is 2.93. The van der Waals surface area contributed by atoms with Crippen molar-refractivity contribution < 1.29 is 4.79 Å². The van der Waals surface area contributed by atoms with Gasteiger partial charge in [-0.05, 0) is 38.0 Å². The van der Waals surface area contributed by atoms with Gasteiger partial charge in [0.2, 0.25) is 0 Å². The molecule has 0 saturated carbocycles. The van der Waals surface area contributed by atoms with Crippen molar-refractivity contribution in [2.75, 3.05) is 6.54 Å². The molecule has 4 heteroatoms. The van der Waals surface area contributed by atoms with Crippen molar-refractivity contribution in [3.05, 3.63) is 53.3 Å². The smallest absolute Gasteiger partial charge is 0.251 e. The molecule has 0 atom stereocenters. The van der Waals surface area contributed by atoms with E-state index in [0.717, 1.165) is 24.1 Å². The van der Waals surface area contributed by atoms with Crippen molar-refractivity contribution in [1.29, 1.82) is 0 Å². The minimum atomic E-state index is -0.0170. The molecule has 0 saturated heterocycles. The lowest BCUT2D eigenvalue weighted by Crippen LogP contribution is -2.25. The summed E-state index contributed by atoms with van der Waals surface area (Å²) in [5.41, 5.74) is 3.02. The first-order chi connectivity index (χ1) is 9.15. The number of carbonyl (C=O) groups is 1. The van der Waals surface area contributed by atoms with E-state index in [1.165, 1.54) is 0 Å². The van der Waals surface area contributed by atoms with Crippen LogP contribution in [0, 0.1) is 13.8 Å². The number of aromatic nitrogens is 2. The van der Waals surface area contributed by atoms with Gasteiger partial charge in [0.1, 0.15) is 0 Å². The Bertz CT molecular complexity index is 543. The number of amides is 1. The molecular weight excluding hydrogens is 238 g/mol. The quantitative estimate of drug-likeness (QED) is 0.836. The zero-order chi connectivity index (χ0) is 13.7. The summed E-state index contributed by atoms with van der Waals surface area (Å²) in [6.45, 7) is 5.50. The summed E-state index contributed by atoms with van der Waals surface area (Å²) >= 11 is 0. The summed E-state index contributed by atoms with van der Waals surface area (Å²) < 4.78 is 1.90. The lowest BCUT2D eigenvalue weighted by atomic mass is 10.1. The van der Waals surface area contributed by atoms with Crippen LogP contribution in [0.5, 0.6) is 0 Å². The molecule has 1 amide bonds. The van der Waals surface area contributed by atoms with E-state index in [9.17, 15) is 4.79 Å². The maximum atomic E-state index is 11.8. The second-order valence-electron chi connectivity index (χ2n) is 4.76. The van der Waals surface area contributed by atoms with Gasteiger partial charge in [0, 0.05) is 24.8 Å². The first-order valence-corrected chi connectivity index (χ1v) is 6.49. The summed E-state index contributed by atoms with van der Waals surface area (Å²) in [5.74, 6) is -0.0170. The molecule has 0 spiro atoms. The second-order valence-corrected chi connectivity index (χ2v) is 4.76. The summed E-state index contributed by atoms with van der Waals surface area (Å²) in [5, 5.41) is 7.12. The Morgan fingerprint density at radius 1 is 1.21 bits per heavy atom. The predicted molar refractivity (Wildman–Crippen MR) is 75.1 cm³/mol. The van der Waals surface area contributed by atoms with Gasteiger partial charge in [-0.25, -0.2) is 0 Å². The van der Waals surface area contributed by atoms with Crippen LogP contribution < -0.4 is 5.32 Å². The molecule has 1 N–H and O–H groups in total. The van der Waals surface area contributed by atoms with E-state index >= 15 is 0 Å². The third kappa shape index (κ3) is 3.95. The minimum Gasteiger partial charge on any atom is -0.352 e. The van der Waals surface area contributed by atoms with Gasteiger partial charge in [0.15, 0.2) is 0 Å². The van der Waals surface area contributed by atoms with Gasteiger partial charge in [-0.3, -0.25) is 9.48 Å². The molecule has 1 aromatic heterocycles.